The monoisotopic (exact) mass is 392 g/mol. The molecule has 5 nitrogen and oxygen atoms in total. The van der Waals surface area contributed by atoms with Crippen LogP contribution >= 0.6 is 11.6 Å². The minimum atomic E-state index is -3.64. The number of β-amino-alcohol motifs (C(OH)–C–C–N with tert-alkyl or cyclic N) is 1. The van der Waals surface area contributed by atoms with Crippen molar-refractivity contribution < 1.29 is 13.5 Å². The summed E-state index contributed by atoms with van der Waals surface area (Å²) in [5.41, 5.74) is 1.69. The van der Waals surface area contributed by atoms with Gasteiger partial charge in [-0.2, -0.15) is 0 Å². The smallest absolute Gasteiger partial charge is 0.244 e. The molecule has 2 aliphatic heterocycles. The van der Waals surface area contributed by atoms with Gasteiger partial charge in [0.1, 0.15) is 4.75 Å². The molecule has 26 heavy (non-hydrogen) atoms. The predicted octanol–water partition coefficient (Wildman–Crippen LogP) is 2.50. The molecule has 1 spiro atoms. The molecule has 2 unspecified atom stereocenters. The molecule has 7 heteroatoms. The normalized spacial score (nSPS) is 28.1. The Labute approximate surface area is 158 Å². The molecular formula is C19H21ClN2O3S. The Kier molecular flexibility index (Phi) is 4.47. The number of aliphatic hydroxyl groups is 1. The van der Waals surface area contributed by atoms with Crippen molar-refractivity contribution in [2.24, 2.45) is 0 Å². The highest BCUT2D eigenvalue weighted by molar-refractivity contribution is 7.94. The number of benzene rings is 2. The summed E-state index contributed by atoms with van der Waals surface area (Å²) in [5, 5.41) is 11.4. The van der Waals surface area contributed by atoms with Gasteiger partial charge < -0.3 is 5.11 Å². The molecule has 2 aromatic carbocycles. The Hall–Kier alpha value is -1.60. The number of para-hydroxylation sites is 1. The molecule has 2 atom stereocenters. The zero-order valence-corrected chi connectivity index (χ0v) is 15.8. The van der Waals surface area contributed by atoms with Crippen LogP contribution in [0.2, 0.25) is 5.02 Å². The highest BCUT2D eigenvalue weighted by atomic mass is 35.5. The maximum Gasteiger partial charge on any atom is 0.244 e. The Morgan fingerprint density at radius 3 is 2.50 bits per heavy atom. The minimum absolute atomic E-state index is 0.112. The molecule has 2 saturated heterocycles. The Bertz CT molecular complexity index is 889. The number of rotatable bonds is 3. The van der Waals surface area contributed by atoms with E-state index in [0.717, 1.165) is 5.56 Å². The molecular weight excluding hydrogens is 372 g/mol. The number of hydrogen-bond donors (Lipinski definition) is 1. The molecule has 0 aliphatic carbocycles. The molecule has 0 saturated carbocycles. The summed E-state index contributed by atoms with van der Waals surface area (Å²) < 4.78 is 26.8. The molecule has 0 radical (unpaired) electrons. The van der Waals surface area contributed by atoms with Crippen molar-refractivity contribution in [3.05, 3.63) is 65.2 Å². The van der Waals surface area contributed by atoms with E-state index in [4.69, 9.17) is 11.6 Å². The number of likely N-dealkylation sites (tertiary alicyclic amines) is 1. The first-order valence-corrected chi connectivity index (χ1v) is 10.5. The van der Waals surface area contributed by atoms with Crippen molar-refractivity contribution in [2.75, 3.05) is 23.9 Å². The molecule has 2 aromatic rings. The van der Waals surface area contributed by atoms with Crippen molar-refractivity contribution in [2.45, 2.75) is 23.8 Å². The van der Waals surface area contributed by atoms with Crippen LogP contribution in [-0.4, -0.2) is 48.9 Å². The summed E-state index contributed by atoms with van der Waals surface area (Å²) in [6, 6.07) is 16.6. The molecule has 2 fully saturated rings. The van der Waals surface area contributed by atoms with Crippen LogP contribution < -0.4 is 4.31 Å². The van der Waals surface area contributed by atoms with Crippen LogP contribution in [0.15, 0.2) is 54.6 Å². The van der Waals surface area contributed by atoms with Gasteiger partial charge in [-0.1, -0.05) is 41.9 Å². The first-order chi connectivity index (χ1) is 12.4. The van der Waals surface area contributed by atoms with Gasteiger partial charge in [0, 0.05) is 24.7 Å². The first kappa shape index (κ1) is 17.8. The van der Waals surface area contributed by atoms with Crippen LogP contribution in [0.5, 0.6) is 0 Å². The number of aliphatic hydroxyl groups excluding tert-OH is 1. The SMILES string of the molecule is O=S1(=O)N(c2ccccc2)CC(O)C12CCN(Cc1ccc(Cl)cc1)C2. The van der Waals surface area contributed by atoms with Gasteiger partial charge >= 0.3 is 0 Å². The van der Waals surface area contributed by atoms with Crippen molar-refractivity contribution in [3.8, 4) is 0 Å². The van der Waals surface area contributed by atoms with Crippen LogP contribution in [-0.2, 0) is 16.6 Å². The second-order valence-electron chi connectivity index (χ2n) is 7.04. The van der Waals surface area contributed by atoms with Crippen molar-refractivity contribution in [1.29, 1.82) is 0 Å². The lowest BCUT2D eigenvalue weighted by Crippen LogP contribution is -2.47. The minimum Gasteiger partial charge on any atom is -0.389 e. The van der Waals surface area contributed by atoms with Crippen molar-refractivity contribution in [3.63, 3.8) is 0 Å². The van der Waals surface area contributed by atoms with E-state index in [2.05, 4.69) is 4.90 Å². The van der Waals surface area contributed by atoms with Gasteiger partial charge in [-0.05, 0) is 36.2 Å². The molecule has 0 bridgehead atoms. The van der Waals surface area contributed by atoms with Gasteiger partial charge in [0.2, 0.25) is 10.0 Å². The summed E-state index contributed by atoms with van der Waals surface area (Å²) in [5.74, 6) is 0. The molecule has 4 rings (SSSR count). The van der Waals surface area contributed by atoms with E-state index < -0.39 is 20.9 Å². The molecule has 1 N–H and O–H groups in total. The van der Waals surface area contributed by atoms with Crippen LogP contribution in [0.3, 0.4) is 0 Å². The third-order valence-corrected chi connectivity index (χ3v) is 8.28. The fourth-order valence-electron chi connectivity index (χ4n) is 4.00. The fourth-order valence-corrected chi connectivity index (χ4v) is 6.42. The Morgan fingerprint density at radius 1 is 1.12 bits per heavy atom. The molecule has 138 valence electrons. The highest BCUT2D eigenvalue weighted by Crippen LogP contribution is 2.43. The Morgan fingerprint density at radius 2 is 1.81 bits per heavy atom. The van der Waals surface area contributed by atoms with Gasteiger partial charge in [0.25, 0.3) is 0 Å². The zero-order valence-electron chi connectivity index (χ0n) is 14.3. The average molecular weight is 393 g/mol. The highest BCUT2D eigenvalue weighted by Gasteiger charge is 2.61. The molecule has 2 heterocycles. The van der Waals surface area contributed by atoms with Crippen molar-refractivity contribution >= 4 is 27.3 Å². The lowest BCUT2D eigenvalue weighted by Gasteiger charge is -2.27. The largest absolute Gasteiger partial charge is 0.389 e. The average Bonchev–Trinajstić information content (AvgIpc) is 3.14. The number of halogens is 1. The number of hydrogen-bond acceptors (Lipinski definition) is 4. The number of sulfonamides is 1. The zero-order chi connectivity index (χ0) is 18.4. The predicted molar refractivity (Wildman–Crippen MR) is 103 cm³/mol. The summed E-state index contributed by atoms with van der Waals surface area (Å²) in [4.78, 5) is 2.10. The maximum atomic E-state index is 13.3. The van der Waals surface area contributed by atoms with Crippen LogP contribution in [0.25, 0.3) is 0 Å². The van der Waals surface area contributed by atoms with E-state index in [9.17, 15) is 13.5 Å². The van der Waals surface area contributed by atoms with Gasteiger partial charge in [-0.25, -0.2) is 8.42 Å². The third-order valence-electron chi connectivity index (χ3n) is 5.46. The summed E-state index contributed by atoms with van der Waals surface area (Å²) in [6.45, 7) is 1.73. The van der Waals surface area contributed by atoms with Gasteiger partial charge in [-0.3, -0.25) is 9.21 Å². The molecule has 2 aliphatic rings. The standard InChI is InChI=1S/C19H21ClN2O3S/c20-16-8-6-15(7-9-16)12-21-11-10-19(14-21)18(23)13-22(26(19,24)25)17-4-2-1-3-5-17/h1-9,18,23H,10-14H2. The quantitative estimate of drug-likeness (QED) is 0.871. The third kappa shape index (κ3) is 2.81. The van der Waals surface area contributed by atoms with E-state index >= 15 is 0 Å². The van der Waals surface area contributed by atoms with Crippen LogP contribution in [0, 0.1) is 0 Å². The maximum absolute atomic E-state index is 13.3. The second-order valence-corrected chi connectivity index (χ2v) is 9.68. The van der Waals surface area contributed by atoms with Crippen molar-refractivity contribution in [1.82, 2.24) is 4.90 Å². The van der Waals surface area contributed by atoms with E-state index in [0.29, 0.717) is 36.8 Å². The molecule has 0 aromatic heterocycles. The van der Waals surface area contributed by atoms with E-state index in [-0.39, 0.29) is 6.54 Å². The van der Waals surface area contributed by atoms with E-state index in [1.165, 1.54) is 4.31 Å². The van der Waals surface area contributed by atoms with Gasteiger partial charge in [-0.15, -0.1) is 0 Å². The fraction of sp³-hybridized carbons (Fsp3) is 0.368. The van der Waals surface area contributed by atoms with Crippen LogP contribution in [0.4, 0.5) is 5.69 Å². The Balaban J connectivity index is 1.57. The topological polar surface area (TPSA) is 60.9 Å². The lowest BCUT2D eigenvalue weighted by atomic mass is 10.0. The second kappa shape index (κ2) is 6.53. The number of anilines is 1. The van der Waals surface area contributed by atoms with Gasteiger partial charge in [0.05, 0.1) is 18.3 Å². The van der Waals surface area contributed by atoms with E-state index in [1.54, 1.807) is 12.1 Å². The lowest BCUT2D eigenvalue weighted by molar-refractivity contribution is 0.143. The van der Waals surface area contributed by atoms with Crippen LogP contribution in [0.1, 0.15) is 12.0 Å². The number of nitrogens with zero attached hydrogens (tertiary/aromatic N) is 2. The van der Waals surface area contributed by atoms with E-state index in [1.807, 2.05) is 42.5 Å². The van der Waals surface area contributed by atoms with Gasteiger partial charge in [0.15, 0.2) is 0 Å². The molecule has 0 amide bonds. The summed E-state index contributed by atoms with van der Waals surface area (Å²) in [6.07, 6.45) is -0.462. The summed E-state index contributed by atoms with van der Waals surface area (Å²) in [7, 11) is -3.64. The summed E-state index contributed by atoms with van der Waals surface area (Å²) >= 11 is 5.93. The first-order valence-electron chi connectivity index (χ1n) is 8.65.